The molecule has 0 radical (unpaired) electrons. The summed E-state index contributed by atoms with van der Waals surface area (Å²) in [6, 6.07) is 0. The van der Waals surface area contributed by atoms with Gasteiger partial charge >= 0.3 is 17.9 Å². The molecule has 5 atom stereocenters. The van der Waals surface area contributed by atoms with Gasteiger partial charge in [0.2, 0.25) is 0 Å². The minimum Gasteiger partial charge on any atom is -0.466 e. The number of ketones is 1. The fraction of sp³-hybridized carbons (Fsp3) is 0.824. The van der Waals surface area contributed by atoms with Crippen LogP contribution >= 0.6 is 0 Å². The number of esters is 3. The Balaban J connectivity index is 2.35. The van der Waals surface area contributed by atoms with Crippen molar-refractivity contribution in [3.8, 4) is 0 Å². The van der Waals surface area contributed by atoms with E-state index in [1.54, 1.807) is 20.8 Å². The van der Waals surface area contributed by atoms with Crippen molar-refractivity contribution in [2.45, 2.75) is 136 Å². The van der Waals surface area contributed by atoms with Crippen molar-refractivity contribution >= 4 is 23.7 Å². The Morgan fingerprint density at radius 2 is 1.65 bits per heavy atom. The Hall–Kier alpha value is -2.26. The predicted molar refractivity (Wildman–Crippen MR) is 163 cm³/mol. The smallest absolute Gasteiger partial charge is 0.320 e. The van der Waals surface area contributed by atoms with E-state index in [0.29, 0.717) is 32.5 Å². The largest absolute Gasteiger partial charge is 0.466 e. The topological polar surface area (TPSA) is 114 Å². The fourth-order valence-electron chi connectivity index (χ4n) is 6.26. The van der Waals surface area contributed by atoms with Gasteiger partial charge in [-0.1, -0.05) is 57.6 Å². The predicted octanol–water partition coefficient (Wildman–Crippen LogP) is 6.65. The minimum absolute atomic E-state index is 0.130. The molecule has 1 aliphatic heterocycles. The molecular formula is C34H56O9. The van der Waals surface area contributed by atoms with Crippen LogP contribution in [0.5, 0.6) is 0 Å². The zero-order valence-corrected chi connectivity index (χ0v) is 27.3. The van der Waals surface area contributed by atoms with Gasteiger partial charge in [0.25, 0.3) is 0 Å². The summed E-state index contributed by atoms with van der Waals surface area (Å²) in [7, 11) is 0. The standard InChI is InChI=1S/C34H56O9/c1-6-10-15-21-33(5,43-29-19-14-17-24-42-29)23-20-26-25-27(31(37)40-8-3)30(36)34(26,32(38)41-9-4)22-16-12-11-13-18-28(35)39-7-2/h20,23,26-27,29H,6-19,21-22,24-25H2,1-5H3/b23-20+. The van der Waals surface area contributed by atoms with Crippen LogP contribution in [0, 0.1) is 17.3 Å². The monoisotopic (exact) mass is 608 g/mol. The van der Waals surface area contributed by atoms with Crippen LogP contribution in [-0.4, -0.2) is 62.0 Å². The van der Waals surface area contributed by atoms with Crippen LogP contribution in [0.2, 0.25) is 0 Å². The Labute approximate surface area is 258 Å². The number of unbranched alkanes of at least 4 members (excludes halogenated alkanes) is 5. The second kappa shape index (κ2) is 19.2. The van der Waals surface area contributed by atoms with Crippen LogP contribution in [0.1, 0.15) is 125 Å². The lowest BCUT2D eigenvalue weighted by molar-refractivity contribution is -0.208. The maximum absolute atomic E-state index is 14.1. The first kappa shape index (κ1) is 36.9. The number of carbonyl (C=O) groups is 4. The van der Waals surface area contributed by atoms with E-state index in [1.165, 1.54) is 0 Å². The number of ether oxygens (including phenoxy) is 5. The summed E-state index contributed by atoms with van der Waals surface area (Å²) in [6.45, 7) is 10.7. The second-order valence-corrected chi connectivity index (χ2v) is 12.0. The number of allylic oxidation sites excluding steroid dienone is 1. The third-order valence-electron chi connectivity index (χ3n) is 8.59. The summed E-state index contributed by atoms with van der Waals surface area (Å²) in [4.78, 5) is 52.4. The molecule has 9 heteroatoms. The van der Waals surface area contributed by atoms with E-state index in [4.69, 9.17) is 23.7 Å². The quantitative estimate of drug-likeness (QED) is 0.0493. The minimum atomic E-state index is -1.49. The number of hydrogen-bond acceptors (Lipinski definition) is 9. The summed E-state index contributed by atoms with van der Waals surface area (Å²) >= 11 is 0. The van der Waals surface area contributed by atoms with Gasteiger partial charge in [-0.2, -0.15) is 0 Å². The van der Waals surface area contributed by atoms with Crippen molar-refractivity contribution in [1.29, 1.82) is 0 Å². The number of carbonyl (C=O) groups excluding carboxylic acids is 4. The van der Waals surface area contributed by atoms with Crippen molar-refractivity contribution < 1.29 is 42.9 Å². The highest BCUT2D eigenvalue weighted by Gasteiger charge is 2.61. The van der Waals surface area contributed by atoms with E-state index in [2.05, 4.69) is 6.92 Å². The molecule has 0 N–H and O–H groups in total. The molecule has 1 heterocycles. The van der Waals surface area contributed by atoms with Crippen LogP contribution in [0.15, 0.2) is 12.2 Å². The highest BCUT2D eigenvalue weighted by molar-refractivity contribution is 6.14. The normalized spacial score (nSPS) is 25.4. The van der Waals surface area contributed by atoms with Crippen LogP contribution in [0.25, 0.3) is 0 Å². The van der Waals surface area contributed by atoms with E-state index in [0.717, 1.165) is 57.8 Å². The Morgan fingerprint density at radius 3 is 2.30 bits per heavy atom. The van der Waals surface area contributed by atoms with Crippen molar-refractivity contribution in [2.75, 3.05) is 26.4 Å². The molecule has 0 amide bonds. The first-order valence-corrected chi connectivity index (χ1v) is 16.7. The summed E-state index contributed by atoms with van der Waals surface area (Å²) in [6.07, 6.45) is 13.9. The van der Waals surface area contributed by atoms with Crippen molar-refractivity contribution in [2.24, 2.45) is 17.3 Å². The molecule has 1 saturated heterocycles. The number of rotatable bonds is 20. The zero-order chi connectivity index (χ0) is 31.7. The molecule has 2 aliphatic rings. The fourth-order valence-corrected chi connectivity index (χ4v) is 6.26. The molecule has 1 saturated carbocycles. The molecule has 5 unspecified atom stereocenters. The number of hydrogen-bond donors (Lipinski definition) is 0. The summed E-state index contributed by atoms with van der Waals surface area (Å²) in [5, 5.41) is 0. The van der Waals surface area contributed by atoms with E-state index in [1.807, 2.05) is 19.1 Å². The molecule has 246 valence electrons. The molecule has 0 spiro atoms. The van der Waals surface area contributed by atoms with Gasteiger partial charge in [0, 0.05) is 18.9 Å². The Kier molecular flexibility index (Phi) is 16.5. The van der Waals surface area contributed by atoms with E-state index >= 15 is 0 Å². The maximum atomic E-state index is 14.1. The summed E-state index contributed by atoms with van der Waals surface area (Å²) in [5.74, 6) is -3.40. The Bertz CT molecular complexity index is 910. The molecule has 0 aromatic heterocycles. The summed E-state index contributed by atoms with van der Waals surface area (Å²) in [5.41, 5.74) is -2.15. The third kappa shape index (κ3) is 11.0. The molecule has 9 nitrogen and oxygen atoms in total. The molecule has 0 bridgehead atoms. The molecule has 1 aliphatic carbocycles. The SMILES string of the molecule is CCCCCC(C)(/C=C/C1CC(C(=O)OCC)C(=O)C1(CCCCCCC(=O)OCC)C(=O)OCC)OC1CCCCO1. The first-order chi connectivity index (χ1) is 20.7. The lowest BCUT2D eigenvalue weighted by Gasteiger charge is -2.35. The molecule has 2 fully saturated rings. The van der Waals surface area contributed by atoms with Gasteiger partial charge in [-0.25, -0.2) is 0 Å². The molecule has 0 aromatic rings. The highest BCUT2D eigenvalue weighted by atomic mass is 16.7. The van der Waals surface area contributed by atoms with Gasteiger partial charge in [-0.3, -0.25) is 19.2 Å². The number of Topliss-reactive ketones (excluding diaryl/α,β-unsaturated/α-hetero) is 1. The maximum Gasteiger partial charge on any atom is 0.320 e. The molecule has 2 rings (SSSR count). The highest BCUT2D eigenvalue weighted by Crippen LogP contribution is 2.50. The van der Waals surface area contributed by atoms with E-state index in [9.17, 15) is 19.2 Å². The van der Waals surface area contributed by atoms with Gasteiger partial charge < -0.3 is 23.7 Å². The lowest BCUT2D eigenvalue weighted by Crippen LogP contribution is -2.44. The third-order valence-corrected chi connectivity index (χ3v) is 8.59. The van der Waals surface area contributed by atoms with Gasteiger partial charge in [-0.05, 0) is 72.6 Å². The average Bonchev–Trinajstić information content (AvgIpc) is 3.27. The molecule has 0 aromatic carbocycles. The van der Waals surface area contributed by atoms with Gasteiger partial charge in [0.05, 0.1) is 25.4 Å². The van der Waals surface area contributed by atoms with Crippen LogP contribution in [0.4, 0.5) is 0 Å². The average molecular weight is 609 g/mol. The van der Waals surface area contributed by atoms with E-state index < -0.39 is 40.6 Å². The van der Waals surface area contributed by atoms with E-state index in [-0.39, 0.29) is 38.3 Å². The van der Waals surface area contributed by atoms with Gasteiger partial charge in [0.15, 0.2) is 12.1 Å². The lowest BCUT2D eigenvalue weighted by atomic mass is 9.72. The van der Waals surface area contributed by atoms with Crippen molar-refractivity contribution in [3.63, 3.8) is 0 Å². The van der Waals surface area contributed by atoms with Crippen molar-refractivity contribution in [1.82, 2.24) is 0 Å². The van der Waals surface area contributed by atoms with Crippen LogP contribution in [-0.2, 0) is 42.9 Å². The molecular weight excluding hydrogens is 552 g/mol. The zero-order valence-electron chi connectivity index (χ0n) is 27.3. The molecule has 43 heavy (non-hydrogen) atoms. The Morgan fingerprint density at radius 1 is 0.930 bits per heavy atom. The van der Waals surface area contributed by atoms with Crippen LogP contribution < -0.4 is 0 Å². The second-order valence-electron chi connectivity index (χ2n) is 12.0. The van der Waals surface area contributed by atoms with Crippen LogP contribution in [0.3, 0.4) is 0 Å². The van der Waals surface area contributed by atoms with Gasteiger partial charge in [0.1, 0.15) is 11.3 Å². The first-order valence-electron chi connectivity index (χ1n) is 16.7. The summed E-state index contributed by atoms with van der Waals surface area (Å²) < 4.78 is 28.2. The van der Waals surface area contributed by atoms with Gasteiger partial charge in [-0.15, -0.1) is 0 Å². The van der Waals surface area contributed by atoms with Crippen molar-refractivity contribution in [3.05, 3.63) is 12.2 Å².